The number of aromatic hydroxyl groups is 1. The van der Waals surface area contributed by atoms with Gasteiger partial charge in [-0.25, -0.2) is 0 Å². The van der Waals surface area contributed by atoms with Crippen LogP contribution in [-0.2, 0) is 0 Å². The fraction of sp³-hybridized carbons (Fsp3) is 0.0909. The molecule has 4 aromatic rings. The average molecular weight is 358 g/mol. The second-order valence-electron chi connectivity index (χ2n) is 6.37. The molecule has 0 saturated heterocycles. The molecular formula is C22H18N2O3. The maximum Gasteiger partial charge on any atom is 0.290 e. The average Bonchev–Trinajstić information content (AvgIpc) is 3.14. The van der Waals surface area contributed by atoms with Crippen LogP contribution in [0.15, 0.2) is 77.3 Å². The van der Waals surface area contributed by atoms with Crippen LogP contribution >= 0.6 is 0 Å². The first kappa shape index (κ1) is 16.8. The van der Waals surface area contributed by atoms with Crippen LogP contribution in [0.5, 0.6) is 5.75 Å². The maximum atomic E-state index is 12.7. The largest absolute Gasteiger partial charge is 0.508 e. The van der Waals surface area contributed by atoms with Crippen molar-refractivity contribution < 1.29 is 14.4 Å². The van der Waals surface area contributed by atoms with Gasteiger partial charge in [-0.1, -0.05) is 65.8 Å². The van der Waals surface area contributed by atoms with Crippen molar-refractivity contribution in [1.82, 2.24) is 10.5 Å². The Kier molecular flexibility index (Phi) is 4.34. The second kappa shape index (κ2) is 6.96. The number of carbonyl (C=O) groups excluding carboxylic acids is 1. The summed E-state index contributed by atoms with van der Waals surface area (Å²) in [5.74, 6) is -0.137. The number of amides is 1. The number of hydrogen-bond donors (Lipinski definition) is 2. The Morgan fingerprint density at radius 1 is 1.04 bits per heavy atom. The quantitative estimate of drug-likeness (QED) is 0.568. The number of phenols is 1. The lowest BCUT2D eigenvalue weighted by atomic mass is 9.92. The third-order valence-corrected chi connectivity index (χ3v) is 4.50. The van der Waals surface area contributed by atoms with Crippen LogP contribution < -0.4 is 5.32 Å². The van der Waals surface area contributed by atoms with Gasteiger partial charge in [0.15, 0.2) is 0 Å². The van der Waals surface area contributed by atoms with E-state index >= 15 is 0 Å². The second-order valence-corrected chi connectivity index (χ2v) is 6.37. The van der Waals surface area contributed by atoms with Crippen LogP contribution in [0.1, 0.15) is 33.4 Å². The van der Waals surface area contributed by atoms with Gasteiger partial charge in [0.25, 0.3) is 5.91 Å². The highest BCUT2D eigenvalue weighted by molar-refractivity contribution is 5.94. The Balaban J connectivity index is 1.85. The summed E-state index contributed by atoms with van der Waals surface area (Å²) in [5.41, 5.74) is 2.13. The van der Waals surface area contributed by atoms with Crippen molar-refractivity contribution in [3.63, 3.8) is 0 Å². The summed E-state index contributed by atoms with van der Waals surface area (Å²) >= 11 is 0. The van der Waals surface area contributed by atoms with Crippen molar-refractivity contribution in [2.75, 3.05) is 0 Å². The molecule has 0 radical (unpaired) electrons. The van der Waals surface area contributed by atoms with Crippen molar-refractivity contribution >= 4 is 16.7 Å². The third-order valence-electron chi connectivity index (χ3n) is 4.50. The minimum absolute atomic E-state index is 0.122. The minimum atomic E-state index is -0.546. The number of phenolic OH excluding ortho intramolecular Hbond substituents is 1. The van der Waals surface area contributed by atoms with E-state index < -0.39 is 11.9 Å². The highest BCUT2D eigenvalue weighted by atomic mass is 16.5. The monoisotopic (exact) mass is 358 g/mol. The Morgan fingerprint density at radius 2 is 1.78 bits per heavy atom. The molecule has 0 aliphatic heterocycles. The summed E-state index contributed by atoms with van der Waals surface area (Å²) in [5, 5.41) is 19.3. The molecule has 0 saturated carbocycles. The molecule has 1 atom stereocenters. The first-order valence-electron chi connectivity index (χ1n) is 8.63. The Morgan fingerprint density at radius 3 is 2.52 bits per heavy atom. The fourth-order valence-corrected chi connectivity index (χ4v) is 3.23. The number of aromatic nitrogens is 1. The molecule has 1 heterocycles. The van der Waals surface area contributed by atoms with E-state index in [9.17, 15) is 9.90 Å². The van der Waals surface area contributed by atoms with Gasteiger partial charge in [-0.3, -0.25) is 4.79 Å². The molecule has 1 aromatic heterocycles. The molecule has 0 aliphatic rings. The molecule has 0 unspecified atom stereocenters. The van der Waals surface area contributed by atoms with Gasteiger partial charge in [-0.15, -0.1) is 0 Å². The number of nitrogens with one attached hydrogen (secondary N) is 1. The lowest BCUT2D eigenvalue weighted by Crippen LogP contribution is -2.29. The number of benzene rings is 3. The number of aryl methyl sites for hydroxylation is 1. The van der Waals surface area contributed by atoms with Gasteiger partial charge in [0.2, 0.25) is 5.76 Å². The summed E-state index contributed by atoms with van der Waals surface area (Å²) < 4.78 is 5.09. The molecule has 0 aliphatic carbocycles. The van der Waals surface area contributed by atoms with Gasteiger partial charge in [0.05, 0.1) is 11.7 Å². The predicted octanol–water partition coefficient (Wildman–Crippen LogP) is 4.36. The number of carbonyl (C=O) groups is 1. The molecule has 4 rings (SSSR count). The van der Waals surface area contributed by atoms with Crippen molar-refractivity contribution in [3.05, 3.63) is 95.4 Å². The van der Waals surface area contributed by atoms with Crippen LogP contribution in [0.3, 0.4) is 0 Å². The molecule has 3 aromatic carbocycles. The molecule has 1 amide bonds. The zero-order valence-electron chi connectivity index (χ0n) is 14.7. The summed E-state index contributed by atoms with van der Waals surface area (Å²) in [7, 11) is 0. The number of fused-ring (bicyclic) bond motifs is 1. The molecule has 0 spiro atoms. The van der Waals surface area contributed by atoms with Crippen LogP contribution in [0.4, 0.5) is 0 Å². The van der Waals surface area contributed by atoms with E-state index in [-0.39, 0.29) is 11.5 Å². The number of nitrogens with zero attached hydrogens (tertiary/aromatic N) is 1. The normalized spacial score (nSPS) is 12.0. The van der Waals surface area contributed by atoms with Crippen molar-refractivity contribution in [2.45, 2.75) is 13.0 Å². The molecule has 2 N–H and O–H groups in total. The smallest absolute Gasteiger partial charge is 0.290 e. The first-order chi connectivity index (χ1) is 13.1. The fourth-order valence-electron chi connectivity index (χ4n) is 3.23. The van der Waals surface area contributed by atoms with Gasteiger partial charge < -0.3 is 14.9 Å². The van der Waals surface area contributed by atoms with E-state index in [0.29, 0.717) is 11.3 Å². The van der Waals surface area contributed by atoms with E-state index in [1.165, 1.54) is 0 Å². The van der Waals surface area contributed by atoms with Gasteiger partial charge in [0, 0.05) is 11.6 Å². The van der Waals surface area contributed by atoms with E-state index in [2.05, 4.69) is 10.5 Å². The number of hydrogen-bond acceptors (Lipinski definition) is 4. The van der Waals surface area contributed by atoms with Gasteiger partial charge in [0.1, 0.15) is 5.75 Å². The van der Waals surface area contributed by atoms with Crippen LogP contribution in [-0.4, -0.2) is 16.2 Å². The van der Waals surface area contributed by atoms with Crippen molar-refractivity contribution in [2.24, 2.45) is 0 Å². The molecular weight excluding hydrogens is 340 g/mol. The van der Waals surface area contributed by atoms with Crippen LogP contribution in [0.2, 0.25) is 0 Å². The standard InChI is InChI=1S/C22H18N2O3/c1-14-13-19(27-24-14)22(26)23-21(16-8-3-2-4-9-16)20-17-10-6-5-7-15(17)11-12-18(20)25/h2-13,21,25H,1H3,(H,23,26)/t21-/m1/s1. The Labute approximate surface area is 156 Å². The summed E-state index contributed by atoms with van der Waals surface area (Å²) in [6.07, 6.45) is 0. The van der Waals surface area contributed by atoms with Crippen molar-refractivity contribution in [3.8, 4) is 5.75 Å². The minimum Gasteiger partial charge on any atom is -0.508 e. The first-order valence-corrected chi connectivity index (χ1v) is 8.63. The lowest BCUT2D eigenvalue weighted by molar-refractivity contribution is 0.0905. The summed E-state index contributed by atoms with van der Waals surface area (Å²) in [6, 6.07) is 21.8. The lowest BCUT2D eigenvalue weighted by Gasteiger charge is -2.22. The van der Waals surface area contributed by atoms with Gasteiger partial charge in [-0.05, 0) is 29.3 Å². The molecule has 0 bridgehead atoms. The van der Waals surface area contributed by atoms with E-state index in [0.717, 1.165) is 16.3 Å². The zero-order valence-corrected chi connectivity index (χ0v) is 14.7. The predicted molar refractivity (Wildman–Crippen MR) is 103 cm³/mol. The maximum absolute atomic E-state index is 12.7. The molecule has 27 heavy (non-hydrogen) atoms. The highest BCUT2D eigenvalue weighted by Crippen LogP contribution is 2.36. The number of rotatable bonds is 4. The zero-order chi connectivity index (χ0) is 18.8. The van der Waals surface area contributed by atoms with Crippen LogP contribution in [0.25, 0.3) is 10.8 Å². The summed E-state index contributed by atoms with van der Waals surface area (Å²) in [6.45, 7) is 1.76. The summed E-state index contributed by atoms with van der Waals surface area (Å²) in [4.78, 5) is 12.7. The van der Waals surface area contributed by atoms with Crippen molar-refractivity contribution in [1.29, 1.82) is 0 Å². The van der Waals surface area contributed by atoms with E-state index in [4.69, 9.17) is 4.52 Å². The third kappa shape index (κ3) is 3.27. The highest BCUT2D eigenvalue weighted by Gasteiger charge is 2.24. The molecule has 5 heteroatoms. The Hall–Kier alpha value is -3.60. The topological polar surface area (TPSA) is 75.4 Å². The van der Waals surface area contributed by atoms with E-state index in [1.54, 1.807) is 19.1 Å². The van der Waals surface area contributed by atoms with Gasteiger partial charge in [-0.2, -0.15) is 0 Å². The van der Waals surface area contributed by atoms with E-state index in [1.807, 2.05) is 60.7 Å². The molecule has 134 valence electrons. The molecule has 0 fully saturated rings. The SMILES string of the molecule is Cc1cc(C(=O)N[C@H](c2ccccc2)c2c(O)ccc3ccccc23)on1. The van der Waals surface area contributed by atoms with Gasteiger partial charge >= 0.3 is 0 Å². The van der Waals surface area contributed by atoms with Crippen LogP contribution in [0, 0.1) is 6.92 Å². The Bertz CT molecular complexity index is 1100. The molecule has 5 nitrogen and oxygen atoms in total.